The number of anilines is 4. The van der Waals surface area contributed by atoms with Crippen LogP contribution in [0.25, 0.3) is 0 Å². The van der Waals surface area contributed by atoms with Gasteiger partial charge in [0.15, 0.2) is 11.6 Å². The summed E-state index contributed by atoms with van der Waals surface area (Å²) in [7, 11) is 0. The van der Waals surface area contributed by atoms with Crippen LogP contribution in [0.15, 0.2) is 36.7 Å². The van der Waals surface area contributed by atoms with E-state index < -0.39 is 0 Å². The number of Topliss-reactive ketones (excluding diaryl/α,β-unsaturated/α-hetero) is 2. The van der Waals surface area contributed by atoms with Gasteiger partial charge in [0, 0.05) is 62.4 Å². The van der Waals surface area contributed by atoms with Gasteiger partial charge in [0.05, 0.1) is 51.8 Å². The molecule has 14 nitrogen and oxygen atoms in total. The predicted octanol–water partition coefficient (Wildman–Crippen LogP) is 6.73. The number of carbonyl (C=O) groups is 2. The van der Waals surface area contributed by atoms with Gasteiger partial charge in [-0.15, -0.1) is 0 Å². The van der Waals surface area contributed by atoms with Gasteiger partial charge in [-0.1, -0.05) is 35.3 Å². The first kappa shape index (κ1) is 40.9. The summed E-state index contributed by atoms with van der Waals surface area (Å²) in [4.78, 5) is 57.2. The Morgan fingerprint density at radius 3 is 1.48 bits per heavy atom. The Bertz CT molecular complexity index is 2050. The summed E-state index contributed by atoms with van der Waals surface area (Å²) in [6.07, 6.45) is 15.2. The Hall–Kier alpha value is -4.50. The number of aliphatic hydroxyl groups excluding tert-OH is 2. The molecule has 10 rings (SSSR count). The van der Waals surface area contributed by atoms with Crippen LogP contribution < -0.4 is 20.4 Å². The van der Waals surface area contributed by atoms with Crippen LogP contribution >= 0.6 is 23.2 Å². The Morgan fingerprint density at radius 2 is 1.07 bits per heavy atom. The number of hydrogen-bond donors (Lipinski definition) is 4. The molecular weight excluding hydrogens is 803 g/mol. The third kappa shape index (κ3) is 8.27. The van der Waals surface area contributed by atoms with Gasteiger partial charge in [-0.05, 0) is 101 Å². The maximum Gasteiger partial charge on any atom is 0.227 e. The third-order valence-electron chi connectivity index (χ3n) is 13.6. The average Bonchev–Trinajstić information content (AvgIpc) is 3.83. The van der Waals surface area contributed by atoms with Gasteiger partial charge in [-0.3, -0.25) is 9.59 Å². The van der Waals surface area contributed by atoms with Crippen LogP contribution in [0.2, 0.25) is 10.0 Å². The number of benzene rings is 1. The van der Waals surface area contributed by atoms with Gasteiger partial charge >= 0.3 is 0 Å². The number of nitrogens with zero attached hydrogens (tertiary/aromatic N) is 8. The zero-order chi connectivity index (χ0) is 41.4. The van der Waals surface area contributed by atoms with Gasteiger partial charge < -0.3 is 30.6 Å². The summed E-state index contributed by atoms with van der Waals surface area (Å²) in [5.74, 6) is 4.40. The lowest BCUT2D eigenvalue weighted by Gasteiger charge is -2.42. The van der Waals surface area contributed by atoms with E-state index in [0.717, 1.165) is 113 Å². The lowest BCUT2D eigenvalue weighted by molar-refractivity contribution is 0.0986. The average molecular weight is 856 g/mol. The number of aromatic nitrogens is 6. The SMILES string of the molecule is O=C1CCc2nc(N3CCC(c4ccc(Cl)cc4)CC3)nc(NC3(CO)CCC3)c21.O=C1CCc2nc(N3CCC(c4ncc(Cl)cn4)CC3)nc(NC3(CO)CCC3)c21. The molecule has 2 saturated heterocycles. The zero-order valence-electron chi connectivity index (χ0n) is 33.8. The monoisotopic (exact) mass is 854 g/mol. The number of halogens is 2. The molecule has 0 unspecified atom stereocenters. The van der Waals surface area contributed by atoms with Gasteiger partial charge in [0.25, 0.3) is 0 Å². The van der Waals surface area contributed by atoms with Gasteiger partial charge in [-0.2, -0.15) is 9.97 Å². The van der Waals surface area contributed by atoms with Crippen molar-refractivity contribution < 1.29 is 19.8 Å². The second kappa shape index (κ2) is 17.1. The Labute approximate surface area is 360 Å². The molecule has 0 amide bonds. The van der Waals surface area contributed by atoms with Crippen LogP contribution in [0, 0.1) is 0 Å². The van der Waals surface area contributed by atoms with Gasteiger partial charge in [0.2, 0.25) is 11.9 Å². The summed E-state index contributed by atoms with van der Waals surface area (Å²) in [5.41, 5.74) is 3.54. The first-order chi connectivity index (χ1) is 29.1. The van der Waals surface area contributed by atoms with Crippen molar-refractivity contribution in [2.45, 2.75) is 113 Å². The van der Waals surface area contributed by atoms with Crippen LogP contribution in [0.3, 0.4) is 0 Å². The molecule has 4 aliphatic carbocycles. The molecule has 316 valence electrons. The topological polar surface area (TPSA) is 182 Å². The van der Waals surface area contributed by atoms with E-state index in [2.05, 4.69) is 42.5 Å². The number of fused-ring (bicyclic) bond motifs is 2. The molecule has 1 aromatic carbocycles. The lowest BCUT2D eigenvalue weighted by Crippen LogP contribution is -2.49. The van der Waals surface area contributed by atoms with Crippen molar-refractivity contribution in [1.82, 2.24) is 29.9 Å². The first-order valence-electron chi connectivity index (χ1n) is 21.5. The Morgan fingerprint density at radius 1 is 0.617 bits per heavy atom. The molecule has 0 spiro atoms. The molecule has 0 radical (unpaired) electrons. The first-order valence-corrected chi connectivity index (χ1v) is 22.3. The Balaban J connectivity index is 0.000000154. The number of piperidine rings is 2. The molecule has 16 heteroatoms. The maximum atomic E-state index is 12.5. The van der Waals surface area contributed by atoms with Crippen molar-refractivity contribution in [2.75, 3.05) is 59.8 Å². The second-order valence-electron chi connectivity index (χ2n) is 17.4. The number of hydrogen-bond acceptors (Lipinski definition) is 14. The molecule has 2 saturated carbocycles. The van der Waals surface area contributed by atoms with E-state index in [9.17, 15) is 19.8 Å². The highest BCUT2D eigenvalue weighted by atomic mass is 35.5. The van der Waals surface area contributed by atoms with Crippen LogP contribution in [0.4, 0.5) is 23.5 Å². The number of aliphatic hydroxyl groups is 2. The van der Waals surface area contributed by atoms with Gasteiger partial charge in [-0.25, -0.2) is 19.9 Å². The van der Waals surface area contributed by atoms with E-state index in [1.165, 1.54) is 5.56 Å². The minimum absolute atomic E-state index is 0.0434. The van der Waals surface area contributed by atoms with E-state index in [4.69, 9.17) is 43.1 Å². The molecule has 3 aromatic heterocycles. The van der Waals surface area contributed by atoms with E-state index in [-0.39, 0.29) is 35.9 Å². The van der Waals surface area contributed by atoms with Crippen LogP contribution in [-0.4, -0.2) is 102 Å². The molecule has 0 atom stereocenters. The maximum absolute atomic E-state index is 12.5. The van der Waals surface area contributed by atoms with Gasteiger partial charge in [0.1, 0.15) is 17.5 Å². The van der Waals surface area contributed by atoms with Crippen LogP contribution in [-0.2, 0) is 12.8 Å². The summed E-state index contributed by atoms with van der Waals surface area (Å²) in [6.45, 7) is 3.46. The number of aryl methyl sites for hydroxylation is 2. The summed E-state index contributed by atoms with van der Waals surface area (Å²) >= 11 is 11.9. The molecule has 2 aliphatic heterocycles. The number of rotatable bonds is 10. The fraction of sp³-hybridized carbons (Fsp3) is 0.545. The molecule has 4 fully saturated rings. The molecule has 4 N–H and O–H groups in total. The summed E-state index contributed by atoms with van der Waals surface area (Å²) in [5, 5.41) is 27.9. The molecule has 5 heterocycles. The number of nitrogens with one attached hydrogen (secondary N) is 2. The zero-order valence-corrected chi connectivity index (χ0v) is 35.3. The third-order valence-corrected chi connectivity index (χ3v) is 14.0. The molecule has 0 bridgehead atoms. The standard InChI is InChI=1S/C23H27ClN4O2.C21H25ClN6O2/c24-17-4-2-15(3-5-17)16-8-12-28(13-9-16)22-25-18-6-7-19(30)20(18)21(26-22)27-23(14-29)10-1-11-23;22-14-10-23-18(24-11-14)13-4-8-28(9-5-13)20-25-15-2-3-16(30)17(15)19(26-20)27-21(12-29)6-1-7-21/h2-5,16,29H,1,6-14H2,(H,25,26,27);10-11,13,29H,1-9,12H2,(H,25,26,27). The summed E-state index contributed by atoms with van der Waals surface area (Å²) < 4.78 is 0. The molecule has 6 aliphatic rings. The highest BCUT2D eigenvalue weighted by molar-refractivity contribution is 6.30. The summed E-state index contributed by atoms with van der Waals surface area (Å²) in [6, 6.07) is 8.16. The minimum Gasteiger partial charge on any atom is -0.394 e. The van der Waals surface area contributed by atoms with Crippen molar-refractivity contribution >= 4 is 58.3 Å². The minimum atomic E-state index is -0.360. The normalized spacial score (nSPS) is 20.7. The van der Waals surface area contributed by atoms with Crippen molar-refractivity contribution in [2.24, 2.45) is 0 Å². The van der Waals surface area contributed by atoms with E-state index >= 15 is 0 Å². The number of carbonyl (C=O) groups excluding carboxylic acids is 2. The van der Waals surface area contributed by atoms with Crippen molar-refractivity contribution in [1.29, 1.82) is 0 Å². The van der Waals surface area contributed by atoms with E-state index in [0.29, 0.717) is 77.2 Å². The second-order valence-corrected chi connectivity index (χ2v) is 18.3. The number of ketones is 2. The molecule has 4 aromatic rings. The largest absolute Gasteiger partial charge is 0.394 e. The highest BCUT2D eigenvalue weighted by Crippen LogP contribution is 2.40. The van der Waals surface area contributed by atoms with Crippen molar-refractivity contribution in [3.8, 4) is 0 Å². The van der Waals surface area contributed by atoms with Crippen molar-refractivity contribution in [3.63, 3.8) is 0 Å². The van der Waals surface area contributed by atoms with Crippen LogP contribution in [0.1, 0.15) is 132 Å². The van der Waals surface area contributed by atoms with Crippen molar-refractivity contribution in [3.05, 3.63) is 80.6 Å². The lowest BCUT2D eigenvalue weighted by atomic mass is 9.77. The highest BCUT2D eigenvalue weighted by Gasteiger charge is 2.41. The predicted molar refractivity (Wildman–Crippen MR) is 231 cm³/mol. The smallest absolute Gasteiger partial charge is 0.227 e. The van der Waals surface area contributed by atoms with E-state index in [1.807, 2.05) is 12.1 Å². The fourth-order valence-corrected chi connectivity index (χ4v) is 9.71. The molecule has 60 heavy (non-hydrogen) atoms. The van der Waals surface area contributed by atoms with E-state index in [1.54, 1.807) is 12.4 Å². The molecular formula is C44H52Cl2N10O4. The Kier molecular flexibility index (Phi) is 11.7. The van der Waals surface area contributed by atoms with Crippen LogP contribution in [0.5, 0.6) is 0 Å². The quantitative estimate of drug-likeness (QED) is 0.132. The fourth-order valence-electron chi connectivity index (χ4n) is 9.49.